The summed E-state index contributed by atoms with van der Waals surface area (Å²) in [7, 11) is 1.82. The largest absolute Gasteiger partial charge is 0.339 e. The smallest absolute Gasteiger partial charge is 0.146 e. The molecular formula is C13H13BrN4. The van der Waals surface area contributed by atoms with Gasteiger partial charge in [0, 0.05) is 17.2 Å². The highest BCUT2D eigenvalue weighted by atomic mass is 79.9. The van der Waals surface area contributed by atoms with Crippen molar-refractivity contribution in [1.82, 2.24) is 9.78 Å². The molecule has 1 aromatic heterocycles. The highest BCUT2D eigenvalue weighted by Gasteiger charge is 2.13. The van der Waals surface area contributed by atoms with Crippen molar-refractivity contribution in [2.45, 2.75) is 13.8 Å². The van der Waals surface area contributed by atoms with Crippen LogP contribution in [-0.4, -0.2) is 9.78 Å². The van der Waals surface area contributed by atoms with E-state index in [9.17, 15) is 0 Å². The van der Waals surface area contributed by atoms with Gasteiger partial charge in [0.2, 0.25) is 0 Å². The molecule has 0 fully saturated rings. The first kappa shape index (κ1) is 12.7. The molecule has 0 aliphatic rings. The van der Waals surface area contributed by atoms with Crippen molar-refractivity contribution >= 4 is 27.4 Å². The third kappa shape index (κ3) is 2.24. The third-order valence-electron chi connectivity index (χ3n) is 2.79. The highest BCUT2D eigenvalue weighted by Crippen LogP contribution is 2.27. The van der Waals surface area contributed by atoms with Crippen molar-refractivity contribution < 1.29 is 0 Å². The van der Waals surface area contributed by atoms with E-state index in [2.05, 4.69) is 32.4 Å². The number of aromatic nitrogens is 2. The number of anilines is 2. The second kappa shape index (κ2) is 4.83. The van der Waals surface area contributed by atoms with Crippen molar-refractivity contribution in [1.29, 1.82) is 5.26 Å². The van der Waals surface area contributed by atoms with E-state index >= 15 is 0 Å². The molecule has 0 atom stereocenters. The van der Waals surface area contributed by atoms with Gasteiger partial charge in [-0.05, 0) is 31.5 Å². The summed E-state index contributed by atoms with van der Waals surface area (Å²) < 4.78 is 2.68. The first-order chi connectivity index (χ1) is 8.52. The van der Waals surface area contributed by atoms with Crippen LogP contribution in [-0.2, 0) is 7.05 Å². The molecular weight excluding hydrogens is 292 g/mol. The topological polar surface area (TPSA) is 53.6 Å². The maximum atomic E-state index is 9.16. The summed E-state index contributed by atoms with van der Waals surface area (Å²) in [4.78, 5) is 0. The fraction of sp³-hybridized carbons (Fsp3) is 0.231. The van der Waals surface area contributed by atoms with Crippen molar-refractivity contribution in [3.05, 3.63) is 39.5 Å². The van der Waals surface area contributed by atoms with Crippen molar-refractivity contribution in [2.75, 3.05) is 5.32 Å². The Morgan fingerprint density at radius 2 is 2.11 bits per heavy atom. The Morgan fingerprint density at radius 3 is 2.78 bits per heavy atom. The summed E-state index contributed by atoms with van der Waals surface area (Å²) >= 11 is 3.44. The molecule has 0 aliphatic carbocycles. The highest BCUT2D eigenvalue weighted by molar-refractivity contribution is 9.10. The quantitative estimate of drug-likeness (QED) is 0.925. The Balaban J connectivity index is 2.46. The average Bonchev–Trinajstić information content (AvgIpc) is 2.58. The number of hydrogen-bond acceptors (Lipinski definition) is 3. The van der Waals surface area contributed by atoms with Crippen molar-refractivity contribution in [3.8, 4) is 6.07 Å². The van der Waals surface area contributed by atoms with E-state index in [1.165, 1.54) is 0 Å². The van der Waals surface area contributed by atoms with Gasteiger partial charge in [0.1, 0.15) is 17.5 Å². The number of benzene rings is 1. The Morgan fingerprint density at radius 1 is 1.39 bits per heavy atom. The lowest BCUT2D eigenvalue weighted by Gasteiger charge is -2.10. The molecule has 2 aromatic rings. The van der Waals surface area contributed by atoms with Crippen LogP contribution in [0.4, 0.5) is 11.5 Å². The van der Waals surface area contributed by atoms with E-state index in [1.807, 2.05) is 39.1 Å². The lowest BCUT2D eigenvalue weighted by Crippen LogP contribution is -2.01. The zero-order valence-electron chi connectivity index (χ0n) is 10.5. The number of aryl methyl sites for hydroxylation is 3. The fourth-order valence-corrected chi connectivity index (χ4v) is 2.15. The Kier molecular flexibility index (Phi) is 3.39. The Bertz CT molecular complexity index is 637. The van der Waals surface area contributed by atoms with E-state index < -0.39 is 0 Å². The minimum Gasteiger partial charge on any atom is -0.339 e. The maximum absolute atomic E-state index is 9.16. The van der Waals surface area contributed by atoms with Gasteiger partial charge in [-0.15, -0.1) is 0 Å². The van der Waals surface area contributed by atoms with Crippen LogP contribution in [0.15, 0.2) is 22.7 Å². The average molecular weight is 305 g/mol. The molecule has 4 nitrogen and oxygen atoms in total. The van der Waals surface area contributed by atoms with Crippen molar-refractivity contribution in [2.24, 2.45) is 7.05 Å². The van der Waals surface area contributed by atoms with Gasteiger partial charge in [0.25, 0.3) is 0 Å². The molecule has 0 bridgehead atoms. The summed E-state index contributed by atoms with van der Waals surface area (Å²) in [5.74, 6) is 0.719. The molecule has 0 spiro atoms. The van der Waals surface area contributed by atoms with E-state index in [0.29, 0.717) is 5.56 Å². The van der Waals surface area contributed by atoms with Gasteiger partial charge in [-0.2, -0.15) is 10.4 Å². The van der Waals surface area contributed by atoms with Gasteiger partial charge in [0.05, 0.1) is 5.69 Å². The second-order valence-electron chi connectivity index (χ2n) is 4.13. The summed E-state index contributed by atoms with van der Waals surface area (Å²) in [6.07, 6.45) is 0. The van der Waals surface area contributed by atoms with Gasteiger partial charge in [-0.3, -0.25) is 4.68 Å². The fourth-order valence-electron chi connectivity index (χ4n) is 1.79. The molecule has 0 unspecified atom stereocenters. The normalized spacial score (nSPS) is 10.2. The molecule has 1 heterocycles. The van der Waals surface area contributed by atoms with Crippen LogP contribution in [0.25, 0.3) is 0 Å². The van der Waals surface area contributed by atoms with Crippen LogP contribution in [0.3, 0.4) is 0 Å². The molecule has 2 rings (SSSR count). The van der Waals surface area contributed by atoms with Crippen LogP contribution in [0.5, 0.6) is 0 Å². The molecule has 0 radical (unpaired) electrons. The van der Waals surface area contributed by atoms with Crippen LogP contribution < -0.4 is 5.32 Å². The molecule has 18 heavy (non-hydrogen) atoms. The molecule has 0 aliphatic heterocycles. The monoisotopic (exact) mass is 304 g/mol. The molecule has 1 N–H and O–H groups in total. The second-order valence-corrected chi connectivity index (χ2v) is 5.04. The van der Waals surface area contributed by atoms with Gasteiger partial charge in [-0.1, -0.05) is 22.0 Å². The van der Waals surface area contributed by atoms with Crippen molar-refractivity contribution in [3.63, 3.8) is 0 Å². The minimum atomic E-state index is 0.580. The number of nitriles is 1. The first-order valence-corrected chi connectivity index (χ1v) is 6.29. The first-order valence-electron chi connectivity index (χ1n) is 5.50. The van der Waals surface area contributed by atoms with Crippen LogP contribution in [0.2, 0.25) is 0 Å². The lowest BCUT2D eigenvalue weighted by atomic mass is 10.2. The zero-order chi connectivity index (χ0) is 13.3. The minimum absolute atomic E-state index is 0.580. The zero-order valence-corrected chi connectivity index (χ0v) is 12.0. The van der Waals surface area contributed by atoms with Crippen LogP contribution in [0.1, 0.15) is 16.8 Å². The van der Waals surface area contributed by atoms with Crippen LogP contribution in [0, 0.1) is 25.2 Å². The molecule has 0 saturated heterocycles. The predicted octanol–water partition coefficient (Wildman–Crippen LogP) is 3.41. The maximum Gasteiger partial charge on any atom is 0.146 e. The summed E-state index contributed by atoms with van der Waals surface area (Å²) in [5.41, 5.74) is 3.39. The molecule has 0 saturated carbocycles. The van der Waals surface area contributed by atoms with Gasteiger partial charge >= 0.3 is 0 Å². The number of nitrogens with one attached hydrogen (secondary N) is 1. The van der Waals surface area contributed by atoms with Gasteiger partial charge < -0.3 is 5.32 Å². The van der Waals surface area contributed by atoms with E-state index in [-0.39, 0.29) is 0 Å². The Labute approximate surface area is 114 Å². The molecule has 92 valence electrons. The van der Waals surface area contributed by atoms with E-state index in [4.69, 9.17) is 5.26 Å². The summed E-state index contributed by atoms with van der Waals surface area (Å²) in [5, 5.41) is 16.7. The third-order valence-corrected chi connectivity index (χ3v) is 3.28. The summed E-state index contributed by atoms with van der Waals surface area (Å²) in [6, 6.07) is 8.17. The number of halogens is 1. The van der Waals surface area contributed by atoms with Gasteiger partial charge in [-0.25, -0.2) is 0 Å². The lowest BCUT2D eigenvalue weighted by molar-refractivity contribution is 0.765. The number of hydrogen-bond donors (Lipinski definition) is 1. The van der Waals surface area contributed by atoms with Gasteiger partial charge in [0.15, 0.2) is 0 Å². The number of rotatable bonds is 2. The Hall–Kier alpha value is -1.80. The van der Waals surface area contributed by atoms with Crippen LogP contribution >= 0.6 is 15.9 Å². The molecule has 5 heteroatoms. The molecule has 0 amide bonds. The van der Waals surface area contributed by atoms with E-state index in [1.54, 1.807) is 4.68 Å². The van der Waals surface area contributed by atoms with E-state index in [0.717, 1.165) is 27.2 Å². The SMILES string of the molecule is Cc1ccc(Br)cc1Nc1c(C#N)c(C)nn1C. The standard InChI is InChI=1S/C13H13BrN4/c1-8-4-5-10(14)6-12(8)16-13-11(7-15)9(2)17-18(13)3/h4-6,16H,1-3H3. The molecule has 1 aromatic carbocycles. The summed E-state index contributed by atoms with van der Waals surface area (Å²) in [6.45, 7) is 3.85. The predicted molar refractivity (Wildman–Crippen MR) is 74.8 cm³/mol. The number of nitrogens with zero attached hydrogens (tertiary/aromatic N) is 3.